The fraction of sp³-hybridized carbons (Fsp3) is 0.421. The zero-order valence-electron chi connectivity index (χ0n) is 15.6. The molecule has 1 aliphatic rings. The van der Waals surface area contributed by atoms with Gasteiger partial charge in [-0.25, -0.2) is 4.39 Å². The monoisotopic (exact) mass is 407 g/mol. The van der Waals surface area contributed by atoms with E-state index in [2.05, 4.69) is 15.5 Å². The Kier molecular flexibility index (Phi) is 6.64. The minimum atomic E-state index is -0.587. The third-order valence-corrected chi connectivity index (χ3v) is 5.20. The van der Waals surface area contributed by atoms with Gasteiger partial charge in [-0.1, -0.05) is 17.7 Å². The molecular weight excluding hydrogens is 385 g/mol. The number of rotatable bonds is 7. The summed E-state index contributed by atoms with van der Waals surface area (Å²) in [7, 11) is 1.72. The number of hydrogen-bond acceptors (Lipinski definition) is 4. The molecule has 7 nitrogen and oxygen atoms in total. The Hall–Kier alpha value is -2.45. The molecule has 0 radical (unpaired) electrons. The third kappa shape index (κ3) is 5.08. The number of benzene rings is 1. The summed E-state index contributed by atoms with van der Waals surface area (Å²) in [6.07, 6.45) is 4.27. The van der Waals surface area contributed by atoms with Crippen LogP contribution >= 0.6 is 11.6 Å². The topological polar surface area (TPSA) is 81.3 Å². The summed E-state index contributed by atoms with van der Waals surface area (Å²) in [6.45, 7) is 2.00. The predicted molar refractivity (Wildman–Crippen MR) is 103 cm³/mol. The van der Waals surface area contributed by atoms with Crippen LogP contribution in [-0.4, -0.2) is 64.5 Å². The largest absolute Gasteiger partial charge is 0.353 e. The van der Waals surface area contributed by atoms with Crippen molar-refractivity contribution in [3.8, 4) is 0 Å². The van der Waals surface area contributed by atoms with E-state index in [4.69, 9.17) is 11.6 Å². The molecule has 1 aromatic heterocycles. The number of nitrogens with zero attached hydrogens (tertiary/aromatic N) is 3. The molecule has 0 spiro atoms. The van der Waals surface area contributed by atoms with Crippen molar-refractivity contribution in [1.82, 2.24) is 25.3 Å². The smallest absolute Gasteiger partial charge is 0.237 e. The van der Waals surface area contributed by atoms with Crippen molar-refractivity contribution < 1.29 is 14.0 Å². The first-order valence-electron chi connectivity index (χ1n) is 9.11. The number of carbonyl (C=O) groups is 2. The minimum absolute atomic E-state index is 0.0612. The first kappa shape index (κ1) is 20.3. The SMILES string of the molecule is CN(CCc1cn[nH]c1)C(=O)CC1C(=O)NCCN1Cc1ccc(Cl)c(F)c1. The van der Waals surface area contributed by atoms with Gasteiger partial charge in [0, 0.05) is 39.4 Å². The molecule has 28 heavy (non-hydrogen) atoms. The van der Waals surface area contributed by atoms with Crippen LogP contribution in [0.2, 0.25) is 5.02 Å². The molecule has 1 aliphatic heterocycles. The zero-order chi connectivity index (χ0) is 20.1. The molecule has 0 bridgehead atoms. The molecular formula is C19H23ClFN5O2. The van der Waals surface area contributed by atoms with E-state index in [9.17, 15) is 14.0 Å². The van der Waals surface area contributed by atoms with Gasteiger partial charge in [0.05, 0.1) is 23.7 Å². The number of aromatic nitrogens is 2. The van der Waals surface area contributed by atoms with Crippen LogP contribution in [0.4, 0.5) is 4.39 Å². The molecule has 9 heteroatoms. The summed E-state index contributed by atoms with van der Waals surface area (Å²) >= 11 is 5.74. The van der Waals surface area contributed by atoms with Crippen LogP contribution in [0.3, 0.4) is 0 Å². The van der Waals surface area contributed by atoms with Gasteiger partial charge in [-0.3, -0.25) is 19.6 Å². The lowest BCUT2D eigenvalue weighted by molar-refractivity contribution is -0.138. The van der Waals surface area contributed by atoms with Crippen molar-refractivity contribution in [2.75, 3.05) is 26.7 Å². The van der Waals surface area contributed by atoms with Crippen molar-refractivity contribution in [3.63, 3.8) is 0 Å². The van der Waals surface area contributed by atoms with Gasteiger partial charge in [0.25, 0.3) is 0 Å². The molecule has 1 unspecified atom stereocenters. The van der Waals surface area contributed by atoms with E-state index >= 15 is 0 Å². The Morgan fingerprint density at radius 3 is 2.96 bits per heavy atom. The second-order valence-electron chi connectivity index (χ2n) is 6.90. The number of halogens is 2. The highest BCUT2D eigenvalue weighted by atomic mass is 35.5. The van der Waals surface area contributed by atoms with Crippen molar-refractivity contribution in [1.29, 1.82) is 0 Å². The maximum absolute atomic E-state index is 13.7. The zero-order valence-corrected chi connectivity index (χ0v) is 16.4. The number of H-pyrrole nitrogens is 1. The Morgan fingerprint density at radius 2 is 2.25 bits per heavy atom. The van der Waals surface area contributed by atoms with E-state index < -0.39 is 11.9 Å². The fourth-order valence-corrected chi connectivity index (χ4v) is 3.32. The van der Waals surface area contributed by atoms with E-state index in [1.807, 2.05) is 4.90 Å². The van der Waals surface area contributed by atoms with Crippen molar-refractivity contribution in [2.24, 2.45) is 0 Å². The van der Waals surface area contributed by atoms with Gasteiger partial charge in [-0.15, -0.1) is 0 Å². The highest BCUT2D eigenvalue weighted by molar-refractivity contribution is 6.30. The quantitative estimate of drug-likeness (QED) is 0.730. The first-order chi connectivity index (χ1) is 13.4. The Bertz CT molecular complexity index is 830. The van der Waals surface area contributed by atoms with E-state index in [0.29, 0.717) is 38.2 Å². The van der Waals surface area contributed by atoms with Gasteiger partial charge in [0.2, 0.25) is 11.8 Å². The first-order valence-corrected chi connectivity index (χ1v) is 9.49. The number of amides is 2. The summed E-state index contributed by atoms with van der Waals surface area (Å²) in [6, 6.07) is 4.01. The number of nitrogens with one attached hydrogen (secondary N) is 2. The van der Waals surface area contributed by atoms with Crippen LogP contribution < -0.4 is 5.32 Å². The lowest BCUT2D eigenvalue weighted by atomic mass is 10.1. The second-order valence-corrected chi connectivity index (χ2v) is 7.31. The maximum Gasteiger partial charge on any atom is 0.237 e. The van der Waals surface area contributed by atoms with Gasteiger partial charge < -0.3 is 10.2 Å². The van der Waals surface area contributed by atoms with Crippen molar-refractivity contribution >= 4 is 23.4 Å². The number of carbonyl (C=O) groups excluding carboxylic acids is 2. The van der Waals surface area contributed by atoms with Crippen LogP contribution in [0.1, 0.15) is 17.5 Å². The van der Waals surface area contributed by atoms with E-state index in [-0.39, 0.29) is 23.3 Å². The van der Waals surface area contributed by atoms with E-state index in [1.54, 1.807) is 30.4 Å². The third-order valence-electron chi connectivity index (χ3n) is 4.90. The molecule has 1 aromatic carbocycles. The summed E-state index contributed by atoms with van der Waals surface area (Å²) in [5, 5.41) is 9.50. The number of aromatic amines is 1. The van der Waals surface area contributed by atoms with Crippen LogP contribution in [0.5, 0.6) is 0 Å². The molecule has 0 saturated carbocycles. The van der Waals surface area contributed by atoms with E-state index in [1.165, 1.54) is 12.1 Å². The summed E-state index contributed by atoms with van der Waals surface area (Å²) < 4.78 is 13.7. The predicted octanol–water partition coefficient (Wildman–Crippen LogP) is 1.59. The summed E-state index contributed by atoms with van der Waals surface area (Å²) in [5.41, 5.74) is 1.73. The van der Waals surface area contributed by atoms with Gasteiger partial charge in [0.1, 0.15) is 5.82 Å². The lowest BCUT2D eigenvalue weighted by Gasteiger charge is -2.35. The molecule has 2 N–H and O–H groups in total. The van der Waals surface area contributed by atoms with Crippen molar-refractivity contribution in [3.05, 3.63) is 52.6 Å². The molecule has 0 aliphatic carbocycles. The Balaban J connectivity index is 1.62. The lowest BCUT2D eigenvalue weighted by Crippen LogP contribution is -2.56. The highest BCUT2D eigenvalue weighted by Gasteiger charge is 2.32. The minimum Gasteiger partial charge on any atom is -0.353 e. The summed E-state index contributed by atoms with van der Waals surface area (Å²) in [4.78, 5) is 28.5. The fourth-order valence-electron chi connectivity index (χ4n) is 3.20. The molecule has 2 heterocycles. The Labute approximate surface area is 167 Å². The Morgan fingerprint density at radius 1 is 1.43 bits per heavy atom. The van der Waals surface area contributed by atoms with Gasteiger partial charge in [-0.05, 0) is 29.7 Å². The van der Waals surface area contributed by atoms with Crippen LogP contribution in [0.25, 0.3) is 0 Å². The standard InChI is InChI=1S/C19H23ClFN5O2/c1-25(6-4-14-10-23-24-11-14)18(27)9-17-19(28)22-5-7-26(17)12-13-2-3-15(20)16(21)8-13/h2-3,8,10-11,17H,4-7,9,12H2,1H3,(H,22,28)(H,23,24). The molecule has 2 aromatic rings. The average molecular weight is 408 g/mol. The molecule has 1 fully saturated rings. The van der Waals surface area contributed by atoms with Crippen LogP contribution in [-0.2, 0) is 22.6 Å². The summed E-state index contributed by atoms with van der Waals surface area (Å²) in [5.74, 6) is -0.790. The molecule has 1 saturated heterocycles. The van der Waals surface area contributed by atoms with Crippen LogP contribution in [0.15, 0.2) is 30.6 Å². The van der Waals surface area contributed by atoms with Gasteiger partial charge >= 0.3 is 0 Å². The molecule has 1 atom stereocenters. The maximum atomic E-state index is 13.7. The number of likely N-dealkylation sites (N-methyl/N-ethyl adjacent to an activating group) is 1. The number of hydrogen-bond donors (Lipinski definition) is 2. The van der Waals surface area contributed by atoms with Crippen LogP contribution in [0, 0.1) is 5.82 Å². The highest BCUT2D eigenvalue weighted by Crippen LogP contribution is 2.19. The molecule has 2 amide bonds. The normalized spacial score (nSPS) is 17.4. The van der Waals surface area contributed by atoms with Gasteiger partial charge in [0.15, 0.2) is 0 Å². The molecule has 3 rings (SSSR count). The van der Waals surface area contributed by atoms with Gasteiger partial charge in [-0.2, -0.15) is 5.10 Å². The molecule has 150 valence electrons. The number of piperazine rings is 1. The second kappa shape index (κ2) is 9.16. The van der Waals surface area contributed by atoms with E-state index in [0.717, 1.165) is 5.56 Å². The van der Waals surface area contributed by atoms with Crippen molar-refractivity contribution in [2.45, 2.75) is 25.4 Å². The average Bonchev–Trinajstić information content (AvgIpc) is 3.19.